The summed E-state index contributed by atoms with van der Waals surface area (Å²) in [6.45, 7) is 6.16. The van der Waals surface area contributed by atoms with Gasteiger partial charge in [0.1, 0.15) is 17.5 Å². The van der Waals surface area contributed by atoms with Gasteiger partial charge in [0.2, 0.25) is 5.76 Å². The zero-order valence-electron chi connectivity index (χ0n) is 14.9. The Bertz CT molecular complexity index is 738. The average molecular weight is 345 g/mol. The monoisotopic (exact) mass is 345 g/mol. The second-order valence-electron chi connectivity index (χ2n) is 6.39. The van der Waals surface area contributed by atoms with Crippen molar-refractivity contribution in [3.63, 3.8) is 0 Å². The van der Waals surface area contributed by atoms with E-state index >= 15 is 0 Å². The fourth-order valence-corrected chi connectivity index (χ4v) is 3.02. The van der Waals surface area contributed by atoms with Crippen LogP contribution in [0.1, 0.15) is 43.0 Å². The van der Waals surface area contributed by atoms with Crippen molar-refractivity contribution in [2.24, 2.45) is 0 Å². The number of nitrogens with one attached hydrogen (secondary N) is 1. The summed E-state index contributed by atoms with van der Waals surface area (Å²) in [7, 11) is 1.85. The molecule has 25 heavy (non-hydrogen) atoms. The van der Waals surface area contributed by atoms with Crippen LogP contribution in [0.25, 0.3) is 0 Å². The molecule has 1 N–H and O–H groups in total. The molecule has 0 saturated heterocycles. The van der Waals surface area contributed by atoms with Crippen LogP contribution >= 0.6 is 0 Å². The third kappa shape index (κ3) is 3.35. The van der Waals surface area contributed by atoms with Crippen LogP contribution in [0.4, 0.5) is 5.69 Å². The predicted molar refractivity (Wildman–Crippen MR) is 93.0 cm³/mol. The molecular weight excluding hydrogens is 322 g/mol. The topological polar surface area (TPSA) is 69.9 Å². The Morgan fingerprint density at radius 1 is 1.32 bits per heavy atom. The van der Waals surface area contributed by atoms with Crippen LogP contribution in [0.15, 0.2) is 41.0 Å². The number of benzene rings is 1. The summed E-state index contributed by atoms with van der Waals surface area (Å²) < 4.78 is 23.0. The Kier molecular flexibility index (Phi) is 4.72. The maximum absolute atomic E-state index is 12.4. The van der Waals surface area contributed by atoms with E-state index in [1.807, 2.05) is 46.0 Å². The van der Waals surface area contributed by atoms with Crippen molar-refractivity contribution in [1.82, 2.24) is 0 Å². The first-order valence-corrected chi connectivity index (χ1v) is 8.33. The molecule has 0 fully saturated rings. The Morgan fingerprint density at radius 2 is 2.12 bits per heavy atom. The highest BCUT2D eigenvalue weighted by molar-refractivity contribution is 5.86. The van der Waals surface area contributed by atoms with E-state index < -0.39 is 23.8 Å². The van der Waals surface area contributed by atoms with E-state index in [4.69, 9.17) is 18.6 Å². The normalized spacial score (nSPS) is 21.1. The lowest BCUT2D eigenvalue weighted by Crippen LogP contribution is -2.51. The first-order chi connectivity index (χ1) is 12.0. The van der Waals surface area contributed by atoms with Gasteiger partial charge in [-0.1, -0.05) is 0 Å². The van der Waals surface area contributed by atoms with Gasteiger partial charge in [0.15, 0.2) is 6.10 Å². The van der Waals surface area contributed by atoms with Crippen LogP contribution in [-0.4, -0.2) is 31.3 Å². The second-order valence-corrected chi connectivity index (χ2v) is 6.39. The molecule has 2 atom stereocenters. The SMILES string of the molecule is CCOC1c2cc(NC)ccc2OC(C)(C)C1OC(=O)c1ccco1. The van der Waals surface area contributed by atoms with Crippen LogP contribution in [0.3, 0.4) is 0 Å². The molecule has 2 heterocycles. The highest BCUT2D eigenvalue weighted by atomic mass is 16.6. The molecule has 0 radical (unpaired) electrons. The van der Waals surface area contributed by atoms with E-state index in [-0.39, 0.29) is 5.76 Å². The summed E-state index contributed by atoms with van der Waals surface area (Å²) in [5.41, 5.74) is 1.03. The van der Waals surface area contributed by atoms with E-state index in [0.717, 1.165) is 17.0 Å². The minimum atomic E-state index is -0.754. The van der Waals surface area contributed by atoms with Crippen LogP contribution in [0.5, 0.6) is 5.75 Å². The zero-order valence-corrected chi connectivity index (χ0v) is 14.9. The van der Waals surface area contributed by atoms with E-state index in [1.54, 1.807) is 12.1 Å². The molecule has 1 aromatic carbocycles. The number of hydrogen-bond acceptors (Lipinski definition) is 6. The van der Waals surface area contributed by atoms with Crippen molar-refractivity contribution in [3.8, 4) is 5.75 Å². The lowest BCUT2D eigenvalue weighted by molar-refractivity contribution is -0.138. The van der Waals surface area contributed by atoms with Gasteiger partial charge in [0.25, 0.3) is 0 Å². The van der Waals surface area contributed by atoms with Crippen LogP contribution in [0, 0.1) is 0 Å². The van der Waals surface area contributed by atoms with Gasteiger partial charge in [-0.25, -0.2) is 4.79 Å². The standard InChI is InChI=1S/C19H23NO5/c1-5-22-16-13-11-12(20-4)8-9-14(13)25-19(2,3)17(16)24-18(21)15-7-6-10-23-15/h6-11,16-17,20H,5H2,1-4H3. The van der Waals surface area contributed by atoms with Gasteiger partial charge in [-0.3, -0.25) is 0 Å². The van der Waals surface area contributed by atoms with E-state index in [0.29, 0.717) is 6.61 Å². The Hall–Kier alpha value is -2.47. The molecule has 0 amide bonds. The molecule has 6 heteroatoms. The molecule has 0 spiro atoms. The van der Waals surface area contributed by atoms with Gasteiger partial charge >= 0.3 is 5.97 Å². The molecule has 134 valence electrons. The molecule has 3 rings (SSSR count). The third-order valence-corrected chi connectivity index (χ3v) is 4.24. The minimum absolute atomic E-state index is 0.154. The average Bonchev–Trinajstić information content (AvgIpc) is 3.12. The summed E-state index contributed by atoms with van der Waals surface area (Å²) in [5.74, 6) is 0.346. The first kappa shape index (κ1) is 17.4. The number of ether oxygens (including phenoxy) is 3. The van der Waals surface area contributed by atoms with Gasteiger partial charge in [0.05, 0.1) is 6.26 Å². The quantitative estimate of drug-likeness (QED) is 0.831. The molecule has 1 aromatic heterocycles. The summed E-state index contributed by atoms with van der Waals surface area (Å²) in [5, 5.41) is 3.10. The van der Waals surface area contributed by atoms with Gasteiger partial charge < -0.3 is 23.9 Å². The molecular formula is C19H23NO5. The maximum atomic E-state index is 12.4. The Labute approximate surface area is 147 Å². The molecule has 2 aromatic rings. The van der Waals surface area contributed by atoms with Gasteiger partial charge in [-0.15, -0.1) is 0 Å². The molecule has 0 aliphatic carbocycles. The lowest BCUT2D eigenvalue weighted by Gasteiger charge is -2.43. The molecule has 1 aliphatic rings. The first-order valence-electron chi connectivity index (χ1n) is 8.33. The van der Waals surface area contributed by atoms with Crippen molar-refractivity contribution < 1.29 is 23.4 Å². The lowest BCUT2D eigenvalue weighted by atomic mass is 9.87. The van der Waals surface area contributed by atoms with E-state index in [2.05, 4.69) is 5.32 Å². The van der Waals surface area contributed by atoms with Gasteiger partial charge in [0, 0.05) is 24.9 Å². The van der Waals surface area contributed by atoms with E-state index in [9.17, 15) is 4.79 Å². The molecule has 0 bridgehead atoms. The fraction of sp³-hybridized carbons (Fsp3) is 0.421. The minimum Gasteiger partial charge on any atom is -0.483 e. The fourth-order valence-electron chi connectivity index (χ4n) is 3.02. The summed E-state index contributed by atoms with van der Waals surface area (Å²) in [4.78, 5) is 12.4. The van der Waals surface area contributed by atoms with Crippen LogP contribution in [-0.2, 0) is 9.47 Å². The molecule has 2 unspecified atom stereocenters. The van der Waals surface area contributed by atoms with Gasteiger partial charge in [-0.2, -0.15) is 0 Å². The highest BCUT2D eigenvalue weighted by Crippen LogP contribution is 2.44. The second kappa shape index (κ2) is 6.80. The number of furan rings is 1. The van der Waals surface area contributed by atoms with Crippen molar-refractivity contribution in [2.45, 2.75) is 38.6 Å². The summed E-state index contributed by atoms with van der Waals surface area (Å²) in [6, 6.07) is 9.01. The van der Waals surface area contributed by atoms with Crippen LogP contribution in [0.2, 0.25) is 0 Å². The number of esters is 1. The van der Waals surface area contributed by atoms with Crippen LogP contribution < -0.4 is 10.1 Å². The summed E-state index contributed by atoms with van der Waals surface area (Å²) in [6.07, 6.45) is 0.383. The van der Waals surface area contributed by atoms with Gasteiger partial charge in [-0.05, 0) is 51.1 Å². The maximum Gasteiger partial charge on any atom is 0.374 e. The smallest absolute Gasteiger partial charge is 0.374 e. The number of hydrogen-bond donors (Lipinski definition) is 1. The molecule has 0 saturated carbocycles. The number of carbonyl (C=O) groups excluding carboxylic acids is 1. The van der Waals surface area contributed by atoms with Crippen molar-refractivity contribution in [1.29, 1.82) is 0 Å². The summed E-state index contributed by atoms with van der Waals surface area (Å²) >= 11 is 0. The van der Waals surface area contributed by atoms with Crippen molar-refractivity contribution in [2.75, 3.05) is 19.0 Å². The number of rotatable bonds is 5. The largest absolute Gasteiger partial charge is 0.483 e. The predicted octanol–water partition coefficient (Wildman–Crippen LogP) is 3.80. The molecule has 6 nitrogen and oxygen atoms in total. The number of carbonyl (C=O) groups is 1. The number of anilines is 1. The van der Waals surface area contributed by atoms with E-state index in [1.165, 1.54) is 6.26 Å². The zero-order chi connectivity index (χ0) is 18.0. The Balaban J connectivity index is 1.97. The number of fused-ring (bicyclic) bond motifs is 1. The van der Waals surface area contributed by atoms with Crippen molar-refractivity contribution in [3.05, 3.63) is 47.9 Å². The third-order valence-electron chi connectivity index (χ3n) is 4.24. The Morgan fingerprint density at radius 3 is 2.76 bits per heavy atom. The molecule has 1 aliphatic heterocycles. The highest BCUT2D eigenvalue weighted by Gasteiger charge is 2.47. The van der Waals surface area contributed by atoms with Crippen molar-refractivity contribution >= 4 is 11.7 Å².